The van der Waals surface area contributed by atoms with Crippen molar-refractivity contribution < 1.29 is 14.3 Å². The van der Waals surface area contributed by atoms with Crippen LogP contribution in [0.15, 0.2) is 23.2 Å². The number of hydrogen-bond donors (Lipinski definition) is 1. The minimum atomic E-state index is -0.456. The maximum Gasteiger partial charge on any atom is 0.216 e. The van der Waals surface area contributed by atoms with Gasteiger partial charge < -0.3 is 15.2 Å². The lowest BCUT2D eigenvalue weighted by Gasteiger charge is -2.46. The van der Waals surface area contributed by atoms with Gasteiger partial charge in [-0.25, -0.2) is 4.99 Å². The Morgan fingerprint density at radius 3 is 2.64 bits per heavy atom. The fraction of sp³-hybridized carbons (Fsp3) is 0.704. The Balaban J connectivity index is 1.48. The molecule has 0 bridgehead atoms. The number of nitrogens with two attached hydrogens (primary N) is 1. The molecule has 3 fully saturated rings. The summed E-state index contributed by atoms with van der Waals surface area (Å²) in [5.74, 6) is 1.23. The van der Waals surface area contributed by atoms with Gasteiger partial charge in [0.15, 0.2) is 5.96 Å². The number of amides is 1. The first-order chi connectivity index (χ1) is 16.0. The molecule has 180 valence electrons. The van der Waals surface area contributed by atoms with E-state index in [4.69, 9.17) is 20.2 Å². The number of rotatable bonds is 8. The Bertz CT molecular complexity index is 900. The molecule has 4 aliphatic rings. The smallest absolute Gasteiger partial charge is 0.216 e. The predicted molar refractivity (Wildman–Crippen MR) is 129 cm³/mol. The van der Waals surface area contributed by atoms with Gasteiger partial charge in [-0.2, -0.15) is 0 Å². The number of hydrogen-bond acceptors (Lipinski definition) is 4. The molecule has 1 amide bonds. The molecule has 0 aromatic heterocycles. The highest BCUT2D eigenvalue weighted by Crippen LogP contribution is 2.60. The Morgan fingerprint density at radius 1 is 1.27 bits per heavy atom. The lowest BCUT2D eigenvalue weighted by Crippen LogP contribution is -2.49. The van der Waals surface area contributed by atoms with Gasteiger partial charge in [-0.05, 0) is 80.9 Å². The summed E-state index contributed by atoms with van der Waals surface area (Å²) >= 11 is 0. The molecular formula is C27H39N3O3. The van der Waals surface area contributed by atoms with Crippen LogP contribution in [-0.2, 0) is 32.6 Å². The minimum absolute atomic E-state index is 0.00558. The van der Waals surface area contributed by atoms with Gasteiger partial charge in [-0.1, -0.05) is 31.0 Å². The van der Waals surface area contributed by atoms with E-state index < -0.39 is 5.54 Å². The zero-order chi connectivity index (χ0) is 23.1. The number of aliphatic imine (C=N–C) groups is 1. The summed E-state index contributed by atoms with van der Waals surface area (Å²) in [7, 11) is 1.82. The van der Waals surface area contributed by atoms with E-state index in [1.54, 1.807) is 4.90 Å². The molecule has 3 aliphatic carbocycles. The van der Waals surface area contributed by atoms with Crippen molar-refractivity contribution in [2.45, 2.75) is 88.9 Å². The molecule has 5 rings (SSSR count). The second-order valence-corrected chi connectivity index (χ2v) is 10.9. The van der Waals surface area contributed by atoms with E-state index in [9.17, 15) is 4.79 Å². The number of ether oxygens (including phenoxy) is 2. The molecule has 6 nitrogen and oxygen atoms in total. The molecule has 0 radical (unpaired) electrons. The van der Waals surface area contributed by atoms with Crippen molar-refractivity contribution in [1.82, 2.24) is 4.90 Å². The number of guanidine groups is 1. The van der Waals surface area contributed by atoms with Crippen molar-refractivity contribution in [3.8, 4) is 0 Å². The third-order valence-electron chi connectivity index (χ3n) is 8.97. The summed E-state index contributed by atoms with van der Waals surface area (Å²) in [6, 6.07) is 7.05. The van der Waals surface area contributed by atoms with Gasteiger partial charge in [0.1, 0.15) is 0 Å². The third kappa shape index (κ3) is 4.32. The first-order valence-electron chi connectivity index (χ1n) is 12.8. The summed E-state index contributed by atoms with van der Waals surface area (Å²) in [5, 5.41) is 0. The summed E-state index contributed by atoms with van der Waals surface area (Å²) in [5.41, 5.74) is 10.2. The van der Waals surface area contributed by atoms with Gasteiger partial charge in [0, 0.05) is 19.1 Å². The third-order valence-corrected chi connectivity index (χ3v) is 8.97. The van der Waals surface area contributed by atoms with Gasteiger partial charge >= 0.3 is 0 Å². The van der Waals surface area contributed by atoms with E-state index in [0.717, 1.165) is 63.9 Å². The molecule has 1 aromatic rings. The maximum absolute atomic E-state index is 11.9. The molecule has 2 atom stereocenters. The summed E-state index contributed by atoms with van der Waals surface area (Å²) in [6.45, 7) is 3.49. The molecule has 1 heterocycles. The average Bonchev–Trinajstić information content (AvgIpc) is 3.59. The fourth-order valence-electron chi connectivity index (χ4n) is 6.34. The molecule has 2 saturated carbocycles. The van der Waals surface area contributed by atoms with Crippen LogP contribution in [0.25, 0.3) is 0 Å². The van der Waals surface area contributed by atoms with Crippen molar-refractivity contribution in [3.63, 3.8) is 0 Å². The largest absolute Gasteiger partial charge is 0.381 e. The fourth-order valence-corrected chi connectivity index (χ4v) is 6.34. The lowest BCUT2D eigenvalue weighted by molar-refractivity contribution is -0.119. The van der Waals surface area contributed by atoms with Gasteiger partial charge in [-0.3, -0.25) is 9.69 Å². The van der Waals surface area contributed by atoms with Crippen LogP contribution >= 0.6 is 0 Å². The van der Waals surface area contributed by atoms with Crippen LogP contribution in [0.4, 0.5) is 0 Å². The molecule has 1 aromatic carbocycles. The Labute approximate surface area is 197 Å². The molecule has 2 N–H and O–H groups in total. The summed E-state index contributed by atoms with van der Waals surface area (Å²) in [4.78, 5) is 18.6. The summed E-state index contributed by atoms with van der Waals surface area (Å²) < 4.78 is 11.2. The molecule has 0 unspecified atom stereocenters. The molecule has 33 heavy (non-hydrogen) atoms. The van der Waals surface area contributed by atoms with E-state index >= 15 is 0 Å². The van der Waals surface area contributed by atoms with Crippen LogP contribution in [0.1, 0.15) is 75.0 Å². The highest BCUT2D eigenvalue weighted by Gasteiger charge is 2.56. The highest BCUT2D eigenvalue weighted by atomic mass is 16.5. The number of methoxy groups -OCH3 is 1. The standard InChI is InChI=1S/C27H39N3O3/c1-26(29-25(28)30(18-31)17-23-11-14-33-23)24-15-20(6-5-19-3-4-19)7-8-21(24)16-27(26)12-9-22(32-2)10-13-27/h7-8,15,18-19,22-23H,3-6,9-14,16-17H2,1-2H3,(H2,28,29)/t22?,23-,26-,27?/m0/s1. The summed E-state index contributed by atoms with van der Waals surface area (Å²) in [6.07, 6.45) is 12.5. The average molecular weight is 454 g/mol. The van der Waals surface area contributed by atoms with E-state index in [1.165, 1.54) is 36.0 Å². The highest BCUT2D eigenvalue weighted by molar-refractivity contribution is 5.88. The van der Waals surface area contributed by atoms with E-state index in [2.05, 4.69) is 25.1 Å². The van der Waals surface area contributed by atoms with Crippen molar-refractivity contribution >= 4 is 12.4 Å². The lowest BCUT2D eigenvalue weighted by atomic mass is 9.62. The first kappa shape index (κ1) is 22.9. The number of carbonyl (C=O) groups is 1. The predicted octanol–water partition coefficient (Wildman–Crippen LogP) is 3.94. The van der Waals surface area contributed by atoms with Crippen LogP contribution < -0.4 is 5.73 Å². The van der Waals surface area contributed by atoms with Gasteiger partial charge in [-0.15, -0.1) is 0 Å². The van der Waals surface area contributed by atoms with Gasteiger partial charge in [0.25, 0.3) is 0 Å². The van der Waals surface area contributed by atoms with Crippen molar-refractivity contribution in [2.75, 3.05) is 20.3 Å². The van der Waals surface area contributed by atoms with Gasteiger partial charge in [0.05, 0.1) is 24.3 Å². The number of carbonyl (C=O) groups excluding carboxylic acids is 1. The Morgan fingerprint density at radius 2 is 2.03 bits per heavy atom. The monoisotopic (exact) mass is 453 g/mol. The molecule has 6 heteroatoms. The zero-order valence-corrected chi connectivity index (χ0v) is 20.2. The quantitative estimate of drug-likeness (QED) is 0.367. The minimum Gasteiger partial charge on any atom is -0.381 e. The molecular weight excluding hydrogens is 414 g/mol. The number of fused-ring (bicyclic) bond motifs is 1. The molecule has 1 saturated heterocycles. The van der Waals surface area contributed by atoms with E-state index in [1.807, 2.05) is 7.11 Å². The number of aryl methyl sites for hydroxylation is 1. The van der Waals surface area contributed by atoms with Crippen molar-refractivity contribution in [1.29, 1.82) is 0 Å². The second-order valence-electron chi connectivity index (χ2n) is 10.9. The normalized spacial score (nSPS) is 33.6. The SMILES string of the molecule is COC1CCC2(CC1)Cc1ccc(CCC3CC3)cc1[C@]2(C)N=C(N)N(C=O)C[C@@H]1CCO1. The van der Waals surface area contributed by atoms with Gasteiger partial charge in [0.2, 0.25) is 6.41 Å². The van der Waals surface area contributed by atoms with Crippen LogP contribution in [0.5, 0.6) is 0 Å². The second kappa shape index (κ2) is 9.03. The topological polar surface area (TPSA) is 77.2 Å². The van der Waals surface area contributed by atoms with E-state index in [0.29, 0.717) is 18.6 Å². The van der Waals surface area contributed by atoms with Crippen molar-refractivity contribution in [2.24, 2.45) is 22.1 Å². The molecule has 1 spiro atoms. The Hall–Kier alpha value is -1.92. The molecule has 1 aliphatic heterocycles. The van der Waals surface area contributed by atoms with Crippen LogP contribution in [0.2, 0.25) is 0 Å². The zero-order valence-electron chi connectivity index (χ0n) is 20.2. The first-order valence-corrected chi connectivity index (χ1v) is 12.8. The Kier molecular flexibility index (Phi) is 6.25. The maximum atomic E-state index is 11.9. The van der Waals surface area contributed by atoms with Crippen LogP contribution in [0, 0.1) is 11.3 Å². The van der Waals surface area contributed by atoms with E-state index in [-0.39, 0.29) is 11.5 Å². The number of benzene rings is 1. The van der Waals surface area contributed by atoms with Crippen LogP contribution in [-0.4, -0.2) is 49.7 Å². The number of nitrogens with zero attached hydrogens (tertiary/aromatic N) is 2. The van der Waals surface area contributed by atoms with Crippen molar-refractivity contribution in [3.05, 3.63) is 34.9 Å². The van der Waals surface area contributed by atoms with Crippen LogP contribution in [0.3, 0.4) is 0 Å².